The smallest absolute Gasteiger partial charge is 0.269 e. The van der Waals surface area contributed by atoms with Crippen LogP contribution < -0.4 is 5.32 Å². The zero-order valence-corrected chi connectivity index (χ0v) is 11.1. The summed E-state index contributed by atoms with van der Waals surface area (Å²) in [4.78, 5) is 14.0. The summed E-state index contributed by atoms with van der Waals surface area (Å²) in [5.74, 6) is -0.392. The van der Waals surface area contributed by atoms with Crippen LogP contribution in [-0.4, -0.2) is 9.91 Å². The summed E-state index contributed by atoms with van der Waals surface area (Å²) in [6, 6.07) is 5.84. The summed E-state index contributed by atoms with van der Waals surface area (Å²) in [6.07, 6.45) is 2.73. The van der Waals surface area contributed by atoms with E-state index in [-0.39, 0.29) is 11.7 Å². The van der Waals surface area contributed by atoms with E-state index >= 15 is 0 Å². The number of nitrogens with one attached hydrogen (secondary N) is 1. The Morgan fingerprint density at radius 1 is 1.35 bits per heavy atom. The van der Waals surface area contributed by atoms with Crippen LogP contribution in [0.15, 0.2) is 36.7 Å². The molecule has 0 bridgehead atoms. The summed E-state index contributed by atoms with van der Waals surface area (Å²) < 4.78 is 13.1. The molecular formula is C14H14FN3O2. The summed E-state index contributed by atoms with van der Waals surface area (Å²) in [5.41, 5.74) is 2.29. The third kappa shape index (κ3) is 3.09. The minimum atomic E-state index is -0.434. The van der Waals surface area contributed by atoms with Gasteiger partial charge in [0.25, 0.3) is 5.69 Å². The van der Waals surface area contributed by atoms with Gasteiger partial charge in [0.2, 0.25) is 0 Å². The lowest BCUT2D eigenvalue weighted by Gasteiger charge is -2.17. The second-order valence-electron chi connectivity index (χ2n) is 4.56. The largest absolute Gasteiger partial charge is 0.378 e. The number of aromatic nitrogens is 1. The van der Waals surface area contributed by atoms with E-state index in [1.165, 1.54) is 18.2 Å². The summed E-state index contributed by atoms with van der Waals surface area (Å²) >= 11 is 0. The minimum absolute atomic E-state index is 0.0492. The van der Waals surface area contributed by atoms with Gasteiger partial charge in [-0.15, -0.1) is 0 Å². The van der Waals surface area contributed by atoms with Crippen LogP contribution in [0, 0.1) is 22.9 Å². The summed E-state index contributed by atoms with van der Waals surface area (Å²) in [5, 5.41) is 13.9. The van der Waals surface area contributed by atoms with Crippen LogP contribution in [0.2, 0.25) is 0 Å². The average Bonchev–Trinajstić information content (AvgIpc) is 2.40. The maximum atomic E-state index is 13.1. The number of rotatable bonds is 4. The summed E-state index contributed by atoms with van der Waals surface area (Å²) in [7, 11) is 0. The topological polar surface area (TPSA) is 68.1 Å². The van der Waals surface area contributed by atoms with Crippen molar-refractivity contribution in [1.29, 1.82) is 0 Å². The zero-order valence-electron chi connectivity index (χ0n) is 11.1. The molecule has 1 unspecified atom stereocenters. The molecule has 6 heteroatoms. The molecule has 5 nitrogen and oxygen atoms in total. The first-order chi connectivity index (χ1) is 9.47. The molecule has 0 aliphatic carbocycles. The molecule has 1 heterocycles. The first-order valence-electron chi connectivity index (χ1n) is 6.09. The normalized spacial score (nSPS) is 11.9. The fourth-order valence-corrected chi connectivity index (χ4v) is 1.91. The van der Waals surface area contributed by atoms with Gasteiger partial charge in [0.1, 0.15) is 5.82 Å². The van der Waals surface area contributed by atoms with Crippen LogP contribution in [0.25, 0.3) is 0 Å². The molecule has 2 aromatic rings. The van der Waals surface area contributed by atoms with E-state index in [0.29, 0.717) is 5.56 Å². The second-order valence-corrected chi connectivity index (χ2v) is 4.56. The lowest BCUT2D eigenvalue weighted by Crippen LogP contribution is -2.08. The van der Waals surface area contributed by atoms with Crippen LogP contribution in [0.1, 0.15) is 24.1 Å². The Labute approximate surface area is 115 Å². The first-order valence-corrected chi connectivity index (χ1v) is 6.09. The van der Waals surface area contributed by atoms with Crippen molar-refractivity contribution in [3.05, 3.63) is 63.7 Å². The number of pyridine rings is 1. The highest BCUT2D eigenvalue weighted by molar-refractivity contribution is 5.56. The Morgan fingerprint density at radius 2 is 2.10 bits per heavy atom. The molecule has 0 saturated carbocycles. The molecule has 104 valence electrons. The van der Waals surface area contributed by atoms with E-state index < -0.39 is 10.7 Å². The molecule has 20 heavy (non-hydrogen) atoms. The number of nitro benzene ring substituents is 1. The third-order valence-corrected chi connectivity index (χ3v) is 3.02. The Hall–Kier alpha value is -2.50. The van der Waals surface area contributed by atoms with E-state index in [2.05, 4.69) is 10.3 Å². The quantitative estimate of drug-likeness (QED) is 0.683. The Morgan fingerprint density at radius 3 is 2.70 bits per heavy atom. The van der Waals surface area contributed by atoms with Gasteiger partial charge in [0.05, 0.1) is 17.2 Å². The molecule has 1 aromatic heterocycles. The number of hydrogen-bond donors (Lipinski definition) is 1. The van der Waals surface area contributed by atoms with E-state index in [1.54, 1.807) is 19.2 Å². The molecule has 0 aliphatic rings. The van der Waals surface area contributed by atoms with Crippen molar-refractivity contribution in [3.63, 3.8) is 0 Å². The van der Waals surface area contributed by atoms with Gasteiger partial charge in [-0.05, 0) is 37.1 Å². The second kappa shape index (κ2) is 5.64. The standard InChI is InChI=1S/C14H14FN3O2/c1-9-5-13(18(19)20)3-4-14(9)17-10(2)11-6-12(15)8-16-7-11/h3-8,10,17H,1-2H3. The maximum Gasteiger partial charge on any atom is 0.269 e. The lowest BCUT2D eigenvalue weighted by atomic mass is 10.1. The van der Waals surface area contributed by atoms with Crippen LogP contribution >= 0.6 is 0 Å². The van der Waals surface area contributed by atoms with Gasteiger partial charge in [-0.1, -0.05) is 0 Å². The van der Waals surface area contributed by atoms with Crippen molar-refractivity contribution >= 4 is 11.4 Å². The number of benzene rings is 1. The van der Waals surface area contributed by atoms with Crippen LogP contribution in [-0.2, 0) is 0 Å². The van der Waals surface area contributed by atoms with Gasteiger partial charge in [0, 0.05) is 24.0 Å². The van der Waals surface area contributed by atoms with Crippen LogP contribution in [0.3, 0.4) is 0 Å². The fraction of sp³-hybridized carbons (Fsp3) is 0.214. The SMILES string of the molecule is Cc1cc([N+](=O)[O-])ccc1NC(C)c1cncc(F)c1. The first kappa shape index (κ1) is 13.9. The fourth-order valence-electron chi connectivity index (χ4n) is 1.91. The highest BCUT2D eigenvalue weighted by Gasteiger charge is 2.11. The maximum absolute atomic E-state index is 13.1. The monoisotopic (exact) mass is 275 g/mol. The minimum Gasteiger partial charge on any atom is -0.378 e. The highest BCUT2D eigenvalue weighted by Crippen LogP contribution is 2.25. The van der Waals surface area contributed by atoms with Crippen molar-refractivity contribution < 1.29 is 9.31 Å². The van der Waals surface area contributed by atoms with Crippen molar-refractivity contribution in [1.82, 2.24) is 4.98 Å². The number of anilines is 1. The molecule has 2 rings (SSSR count). The molecule has 0 amide bonds. The van der Waals surface area contributed by atoms with Crippen molar-refractivity contribution in [3.8, 4) is 0 Å². The van der Waals surface area contributed by atoms with Crippen molar-refractivity contribution in [2.75, 3.05) is 5.32 Å². The van der Waals surface area contributed by atoms with E-state index in [9.17, 15) is 14.5 Å². The van der Waals surface area contributed by atoms with Gasteiger partial charge < -0.3 is 5.32 Å². The van der Waals surface area contributed by atoms with E-state index in [4.69, 9.17) is 0 Å². The van der Waals surface area contributed by atoms with Crippen molar-refractivity contribution in [2.24, 2.45) is 0 Å². The average molecular weight is 275 g/mol. The third-order valence-electron chi connectivity index (χ3n) is 3.02. The van der Waals surface area contributed by atoms with Gasteiger partial charge in [-0.2, -0.15) is 0 Å². The number of non-ortho nitro benzene ring substituents is 1. The number of hydrogen-bond acceptors (Lipinski definition) is 4. The van der Waals surface area contributed by atoms with Gasteiger partial charge in [0.15, 0.2) is 0 Å². The highest BCUT2D eigenvalue weighted by atomic mass is 19.1. The molecule has 0 aliphatic heterocycles. The zero-order chi connectivity index (χ0) is 14.7. The van der Waals surface area contributed by atoms with Gasteiger partial charge >= 0.3 is 0 Å². The molecule has 0 radical (unpaired) electrons. The molecule has 1 aromatic carbocycles. The van der Waals surface area contributed by atoms with Crippen molar-refractivity contribution in [2.45, 2.75) is 19.9 Å². The predicted octanol–water partition coefficient (Wildman–Crippen LogP) is 3.61. The van der Waals surface area contributed by atoms with E-state index in [1.807, 2.05) is 6.92 Å². The van der Waals surface area contributed by atoms with Crippen LogP contribution in [0.5, 0.6) is 0 Å². The number of nitro groups is 1. The van der Waals surface area contributed by atoms with E-state index in [0.717, 1.165) is 17.4 Å². The molecule has 0 spiro atoms. The Kier molecular flexibility index (Phi) is 3.93. The molecule has 0 saturated heterocycles. The predicted molar refractivity (Wildman–Crippen MR) is 74.1 cm³/mol. The number of halogens is 1. The molecule has 0 fully saturated rings. The molecule has 1 atom stereocenters. The van der Waals surface area contributed by atoms with Gasteiger partial charge in [-0.3, -0.25) is 15.1 Å². The lowest BCUT2D eigenvalue weighted by molar-refractivity contribution is -0.384. The summed E-state index contributed by atoms with van der Waals surface area (Å²) in [6.45, 7) is 3.66. The molecule has 1 N–H and O–H groups in total. The van der Waals surface area contributed by atoms with Crippen LogP contribution in [0.4, 0.5) is 15.8 Å². The number of aryl methyl sites for hydroxylation is 1. The number of nitrogens with zero attached hydrogens (tertiary/aromatic N) is 2. The van der Waals surface area contributed by atoms with Gasteiger partial charge in [-0.25, -0.2) is 4.39 Å². The Bertz CT molecular complexity index is 646. The Balaban J connectivity index is 2.19. The molecular weight excluding hydrogens is 261 g/mol.